The number of benzene rings is 1. The zero-order valence-electron chi connectivity index (χ0n) is 12.6. The third-order valence-electron chi connectivity index (χ3n) is 3.55. The molecular formula is C16H27BrN2. The lowest BCUT2D eigenvalue weighted by molar-refractivity contribution is 0.548. The number of rotatable bonds is 7. The molecule has 0 heterocycles. The molecule has 2 atom stereocenters. The first-order valence-corrected chi connectivity index (χ1v) is 8.06. The Hall–Kier alpha value is -0.540. The number of halogens is 1. The SMILES string of the molecule is CCC(C)CN(CC)c1ccc(CC(C)N)c(Br)c1. The van der Waals surface area contributed by atoms with Gasteiger partial charge in [0.05, 0.1) is 0 Å². The second kappa shape index (κ2) is 7.91. The quantitative estimate of drug-likeness (QED) is 0.813. The van der Waals surface area contributed by atoms with Crippen molar-refractivity contribution in [2.45, 2.75) is 46.6 Å². The van der Waals surface area contributed by atoms with Crippen LogP contribution in [0.2, 0.25) is 0 Å². The van der Waals surface area contributed by atoms with Gasteiger partial charge in [0.25, 0.3) is 0 Å². The van der Waals surface area contributed by atoms with Crippen LogP contribution in [0.3, 0.4) is 0 Å². The Balaban J connectivity index is 2.85. The number of hydrogen-bond acceptors (Lipinski definition) is 2. The lowest BCUT2D eigenvalue weighted by Gasteiger charge is -2.27. The van der Waals surface area contributed by atoms with Crippen molar-refractivity contribution in [3.8, 4) is 0 Å². The molecule has 3 heteroatoms. The maximum Gasteiger partial charge on any atom is 0.0377 e. The molecule has 2 nitrogen and oxygen atoms in total. The summed E-state index contributed by atoms with van der Waals surface area (Å²) in [6.45, 7) is 11.0. The molecule has 108 valence electrons. The van der Waals surface area contributed by atoms with Gasteiger partial charge in [-0.1, -0.05) is 42.3 Å². The summed E-state index contributed by atoms with van der Waals surface area (Å²) < 4.78 is 1.17. The van der Waals surface area contributed by atoms with Gasteiger partial charge in [0.1, 0.15) is 0 Å². The van der Waals surface area contributed by atoms with E-state index in [1.54, 1.807) is 0 Å². The molecule has 0 aliphatic heterocycles. The van der Waals surface area contributed by atoms with Gasteiger partial charge in [-0.15, -0.1) is 0 Å². The molecule has 0 radical (unpaired) electrons. The monoisotopic (exact) mass is 326 g/mol. The summed E-state index contributed by atoms with van der Waals surface area (Å²) >= 11 is 3.67. The Bertz CT molecular complexity index is 390. The van der Waals surface area contributed by atoms with Crippen LogP contribution in [0.25, 0.3) is 0 Å². The van der Waals surface area contributed by atoms with Crippen LogP contribution in [0, 0.1) is 5.92 Å². The van der Waals surface area contributed by atoms with Crippen molar-refractivity contribution >= 4 is 21.6 Å². The fraction of sp³-hybridized carbons (Fsp3) is 0.625. The van der Waals surface area contributed by atoms with Crippen LogP contribution in [0.4, 0.5) is 5.69 Å². The van der Waals surface area contributed by atoms with E-state index in [4.69, 9.17) is 5.73 Å². The van der Waals surface area contributed by atoms with Gasteiger partial charge in [-0.25, -0.2) is 0 Å². The minimum absolute atomic E-state index is 0.199. The predicted octanol–water partition coefficient (Wildman–Crippen LogP) is 4.21. The molecule has 0 fully saturated rings. The molecule has 2 N–H and O–H groups in total. The summed E-state index contributed by atoms with van der Waals surface area (Å²) in [4.78, 5) is 2.44. The highest BCUT2D eigenvalue weighted by atomic mass is 79.9. The third-order valence-corrected chi connectivity index (χ3v) is 4.29. The lowest BCUT2D eigenvalue weighted by Crippen LogP contribution is -2.28. The van der Waals surface area contributed by atoms with Crippen molar-refractivity contribution in [3.05, 3.63) is 28.2 Å². The molecular weight excluding hydrogens is 300 g/mol. The first kappa shape index (κ1) is 16.5. The van der Waals surface area contributed by atoms with Gasteiger partial charge in [-0.3, -0.25) is 0 Å². The molecule has 0 spiro atoms. The van der Waals surface area contributed by atoms with E-state index < -0.39 is 0 Å². The summed E-state index contributed by atoms with van der Waals surface area (Å²) in [5.74, 6) is 0.725. The van der Waals surface area contributed by atoms with Crippen LogP contribution < -0.4 is 10.6 Å². The van der Waals surface area contributed by atoms with Gasteiger partial charge in [0.2, 0.25) is 0 Å². The number of anilines is 1. The van der Waals surface area contributed by atoms with Gasteiger partial charge < -0.3 is 10.6 Å². The summed E-state index contributed by atoms with van der Waals surface area (Å²) in [7, 11) is 0. The van der Waals surface area contributed by atoms with Gasteiger partial charge >= 0.3 is 0 Å². The van der Waals surface area contributed by atoms with Crippen molar-refractivity contribution in [1.82, 2.24) is 0 Å². The van der Waals surface area contributed by atoms with Crippen LogP contribution in [0.5, 0.6) is 0 Å². The summed E-state index contributed by atoms with van der Waals surface area (Å²) in [5.41, 5.74) is 8.45. The highest BCUT2D eigenvalue weighted by molar-refractivity contribution is 9.10. The third kappa shape index (κ3) is 5.15. The number of hydrogen-bond donors (Lipinski definition) is 1. The van der Waals surface area contributed by atoms with E-state index in [2.05, 4.69) is 59.8 Å². The van der Waals surface area contributed by atoms with E-state index in [1.165, 1.54) is 22.1 Å². The average Bonchev–Trinajstić information content (AvgIpc) is 2.37. The normalized spacial score (nSPS) is 14.2. The molecule has 1 aromatic carbocycles. The van der Waals surface area contributed by atoms with Crippen LogP contribution in [0.15, 0.2) is 22.7 Å². The Morgan fingerprint density at radius 1 is 1.26 bits per heavy atom. The first-order valence-electron chi connectivity index (χ1n) is 7.26. The van der Waals surface area contributed by atoms with Crippen LogP contribution in [-0.2, 0) is 6.42 Å². The maximum absolute atomic E-state index is 5.87. The van der Waals surface area contributed by atoms with Crippen molar-refractivity contribution in [2.75, 3.05) is 18.0 Å². The summed E-state index contributed by atoms with van der Waals surface area (Å²) in [5, 5.41) is 0. The minimum atomic E-state index is 0.199. The largest absolute Gasteiger partial charge is 0.372 e. The molecule has 2 unspecified atom stereocenters. The standard InChI is InChI=1S/C16H27BrN2/c1-5-12(3)11-19(6-2)15-8-7-14(9-13(4)18)16(17)10-15/h7-8,10,12-13H,5-6,9,11,18H2,1-4H3. The topological polar surface area (TPSA) is 29.3 Å². The van der Waals surface area contributed by atoms with Crippen molar-refractivity contribution in [1.29, 1.82) is 0 Å². The smallest absolute Gasteiger partial charge is 0.0377 e. The average molecular weight is 327 g/mol. The van der Waals surface area contributed by atoms with Crippen molar-refractivity contribution in [2.24, 2.45) is 11.7 Å². The molecule has 1 aromatic rings. The Kier molecular flexibility index (Phi) is 6.87. The van der Waals surface area contributed by atoms with Crippen molar-refractivity contribution in [3.63, 3.8) is 0 Å². The van der Waals surface area contributed by atoms with Crippen LogP contribution in [0.1, 0.15) is 39.7 Å². The molecule has 0 amide bonds. The fourth-order valence-corrected chi connectivity index (χ4v) is 2.70. The fourth-order valence-electron chi connectivity index (χ4n) is 2.17. The zero-order valence-corrected chi connectivity index (χ0v) is 14.2. The van der Waals surface area contributed by atoms with E-state index in [0.29, 0.717) is 0 Å². The van der Waals surface area contributed by atoms with E-state index in [0.717, 1.165) is 25.4 Å². The van der Waals surface area contributed by atoms with Gasteiger partial charge in [0.15, 0.2) is 0 Å². The molecule has 0 aliphatic carbocycles. The number of nitrogens with zero attached hydrogens (tertiary/aromatic N) is 1. The number of nitrogens with two attached hydrogens (primary N) is 1. The van der Waals surface area contributed by atoms with E-state index in [1.807, 2.05) is 6.92 Å². The summed E-state index contributed by atoms with van der Waals surface area (Å²) in [6.07, 6.45) is 2.14. The molecule has 19 heavy (non-hydrogen) atoms. The summed E-state index contributed by atoms with van der Waals surface area (Å²) in [6, 6.07) is 6.84. The highest BCUT2D eigenvalue weighted by Gasteiger charge is 2.10. The molecule has 0 saturated heterocycles. The van der Waals surface area contributed by atoms with Crippen molar-refractivity contribution < 1.29 is 0 Å². The molecule has 0 aromatic heterocycles. The Morgan fingerprint density at radius 2 is 1.95 bits per heavy atom. The van der Waals surface area contributed by atoms with E-state index in [9.17, 15) is 0 Å². The van der Waals surface area contributed by atoms with Gasteiger partial charge in [-0.05, 0) is 43.9 Å². The van der Waals surface area contributed by atoms with Gasteiger partial charge in [-0.2, -0.15) is 0 Å². The highest BCUT2D eigenvalue weighted by Crippen LogP contribution is 2.26. The van der Waals surface area contributed by atoms with Gasteiger partial charge in [0, 0.05) is 29.3 Å². The second-order valence-corrected chi connectivity index (χ2v) is 6.36. The minimum Gasteiger partial charge on any atom is -0.372 e. The van der Waals surface area contributed by atoms with E-state index >= 15 is 0 Å². The van der Waals surface area contributed by atoms with Crippen LogP contribution >= 0.6 is 15.9 Å². The Morgan fingerprint density at radius 3 is 2.42 bits per heavy atom. The molecule has 1 rings (SSSR count). The first-order chi connectivity index (χ1) is 8.97. The molecule has 0 aliphatic rings. The lowest BCUT2D eigenvalue weighted by atomic mass is 10.1. The second-order valence-electron chi connectivity index (χ2n) is 5.51. The van der Waals surface area contributed by atoms with Crippen LogP contribution in [-0.4, -0.2) is 19.1 Å². The molecule has 0 bridgehead atoms. The zero-order chi connectivity index (χ0) is 14.4. The Labute approximate surface area is 126 Å². The van der Waals surface area contributed by atoms with E-state index in [-0.39, 0.29) is 6.04 Å². The predicted molar refractivity (Wildman–Crippen MR) is 88.8 cm³/mol. The molecule has 0 saturated carbocycles. The maximum atomic E-state index is 5.87.